The maximum absolute atomic E-state index is 12.4. The van der Waals surface area contributed by atoms with Crippen LogP contribution in [0.3, 0.4) is 0 Å². The van der Waals surface area contributed by atoms with E-state index in [1.165, 1.54) is 11.3 Å². The van der Waals surface area contributed by atoms with E-state index in [0.717, 1.165) is 38.4 Å². The molecule has 1 saturated heterocycles. The maximum Gasteiger partial charge on any atom is 0.341 e. The van der Waals surface area contributed by atoms with Crippen molar-refractivity contribution in [3.8, 4) is 0 Å². The summed E-state index contributed by atoms with van der Waals surface area (Å²) in [5.74, 6) is -0.515. The second-order valence-corrected chi connectivity index (χ2v) is 7.22. The normalized spacial score (nSPS) is 15.4. The molecule has 0 radical (unpaired) electrons. The quantitative estimate of drug-likeness (QED) is 0.732. The van der Waals surface area contributed by atoms with Crippen LogP contribution in [-0.4, -0.2) is 66.0 Å². The summed E-state index contributed by atoms with van der Waals surface area (Å²) in [5, 5.41) is 5.17. The Kier molecular flexibility index (Phi) is 6.92. The standard InChI is InChI=1S/C19H24N4O3S/c1-2-26-19(25)16-6-12-27-18(16)21-17(24)14-23-10-8-22(9-11-23)13-15-5-3-4-7-20-15/h3-7,12H,2,8-11,13-14H2,1H3,(H,21,24). The number of esters is 1. The Hall–Kier alpha value is -2.29. The molecule has 1 N–H and O–H groups in total. The minimum Gasteiger partial charge on any atom is -0.462 e. The van der Waals surface area contributed by atoms with Gasteiger partial charge in [-0.3, -0.25) is 19.6 Å². The number of anilines is 1. The van der Waals surface area contributed by atoms with Gasteiger partial charge in [0, 0.05) is 38.9 Å². The van der Waals surface area contributed by atoms with E-state index in [1.807, 2.05) is 24.4 Å². The van der Waals surface area contributed by atoms with Gasteiger partial charge in [0.2, 0.25) is 5.91 Å². The summed E-state index contributed by atoms with van der Waals surface area (Å²) in [7, 11) is 0. The number of hydrogen-bond donors (Lipinski definition) is 1. The number of hydrogen-bond acceptors (Lipinski definition) is 7. The van der Waals surface area contributed by atoms with Crippen molar-refractivity contribution in [1.82, 2.24) is 14.8 Å². The molecular weight excluding hydrogens is 364 g/mol. The Morgan fingerprint density at radius 1 is 1.19 bits per heavy atom. The van der Waals surface area contributed by atoms with E-state index >= 15 is 0 Å². The largest absolute Gasteiger partial charge is 0.462 e. The minimum atomic E-state index is -0.405. The fraction of sp³-hybridized carbons (Fsp3) is 0.421. The van der Waals surface area contributed by atoms with Gasteiger partial charge in [-0.1, -0.05) is 6.07 Å². The van der Waals surface area contributed by atoms with Crippen molar-refractivity contribution < 1.29 is 14.3 Å². The van der Waals surface area contributed by atoms with E-state index in [2.05, 4.69) is 20.1 Å². The van der Waals surface area contributed by atoms with Crippen molar-refractivity contribution >= 4 is 28.2 Å². The summed E-state index contributed by atoms with van der Waals surface area (Å²) < 4.78 is 5.01. The smallest absolute Gasteiger partial charge is 0.341 e. The van der Waals surface area contributed by atoms with Crippen molar-refractivity contribution in [2.24, 2.45) is 0 Å². The van der Waals surface area contributed by atoms with Crippen LogP contribution in [0.5, 0.6) is 0 Å². The lowest BCUT2D eigenvalue weighted by Crippen LogP contribution is -2.48. The van der Waals surface area contributed by atoms with Gasteiger partial charge in [-0.15, -0.1) is 11.3 Å². The van der Waals surface area contributed by atoms with Crippen LogP contribution in [0.1, 0.15) is 23.0 Å². The highest BCUT2D eigenvalue weighted by Gasteiger charge is 2.21. The Morgan fingerprint density at radius 2 is 1.96 bits per heavy atom. The fourth-order valence-corrected chi connectivity index (χ4v) is 3.76. The van der Waals surface area contributed by atoms with Crippen LogP contribution in [0.2, 0.25) is 0 Å². The zero-order chi connectivity index (χ0) is 19.1. The molecule has 0 saturated carbocycles. The Morgan fingerprint density at radius 3 is 2.67 bits per heavy atom. The second kappa shape index (κ2) is 9.59. The molecule has 0 unspecified atom stereocenters. The molecule has 3 rings (SSSR count). The third kappa shape index (κ3) is 5.59. The summed E-state index contributed by atoms with van der Waals surface area (Å²) >= 11 is 1.33. The summed E-state index contributed by atoms with van der Waals surface area (Å²) in [6, 6.07) is 7.62. The molecule has 1 amide bonds. The molecule has 0 atom stereocenters. The van der Waals surface area contributed by atoms with Gasteiger partial charge in [0.1, 0.15) is 5.00 Å². The molecule has 0 aliphatic carbocycles. The van der Waals surface area contributed by atoms with Crippen molar-refractivity contribution in [2.75, 3.05) is 44.6 Å². The third-order valence-electron chi connectivity index (χ3n) is 4.36. The van der Waals surface area contributed by atoms with Crippen LogP contribution in [-0.2, 0) is 16.1 Å². The number of carbonyl (C=O) groups is 2. The first-order valence-electron chi connectivity index (χ1n) is 9.04. The highest BCUT2D eigenvalue weighted by atomic mass is 32.1. The van der Waals surface area contributed by atoms with Gasteiger partial charge >= 0.3 is 5.97 Å². The van der Waals surface area contributed by atoms with Crippen molar-refractivity contribution in [3.63, 3.8) is 0 Å². The van der Waals surface area contributed by atoms with E-state index < -0.39 is 5.97 Å². The number of nitrogens with zero attached hydrogens (tertiary/aromatic N) is 3. The fourth-order valence-electron chi connectivity index (χ4n) is 2.97. The van der Waals surface area contributed by atoms with E-state index in [9.17, 15) is 9.59 Å². The average molecular weight is 388 g/mol. The molecule has 1 aliphatic rings. The number of piperazine rings is 1. The molecular formula is C19H24N4O3S. The van der Waals surface area contributed by atoms with Crippen LogP contribution in [0.15, 0.2) is 35.8 Å². The molecule has 2 aromatic heterocycles. The third-order valence-corrected chi connectivity index (χ3v) is 5.19. The van der Waals surface area contributed by atoms with Crippen LogP contribution in [0.25, 0.3) is 0 Å². The molecule has 0 spiro atoms. The molecule has 1 fully saturated rings. The van der Waals surface area contributed by atoms with Gasteiger partial charge in [0.05, 0.1) is 24.4 Å². The Bertz CT molecular complexity index is 757. The number of pyridine rings is 1. The van der Waals surface area contributed by atoms with Gasteiger partial charge in [-0.25, -0.2) is 4.79 Å². The number of carbonyl (C=O) groups excluding carboxylic acids is 2. The van der Waals surface area contributed by atoms with Crippen LogP contribution in [0, 0.1) is 0 Å². The van der Waals surface area contributed by atoms with Crippen LogP contribution in [0.4, 0.5) is 5.00 Å². The second-order valence-electron chi connectivity index (χ2n) is 6.31. The summed E-state index contributed by atoms with van der Waals surface area (Å²) in [4.78, 5) is 33.1. The first kappa shape index (κ1) is 19.5. The van der Waals surface area contributed by atoms with Gasteiger partial charge in [0.25, 0.3) is 0 Å². The molecule has 0 aromatic carbocycles. The molecule has 3 heterocycles. The van der Waals surface area contributed by atoms with Crippen LogP contribution >= 0.6 is 11.3 Å². The Balaban J connectivity index is 1.45. The van der Waals surface area contributed by atoms with Crippen molar-refractivity contribution in [3.05, 3.63) is 47.1 Å². The summed E-state index contributed by atoms with van der Waals surface area (Å²) in [6.45, 7) is 6.68. The minimum absolute atomic E-state index is 0.110. The SMILES string of the molecule is CCOC(=O)c1ccsc1NC(=O)CN1CCN(Cc2ccccn2)CC1. The average Bonchev–Trinajstić information content (AvgIpc) is 3.12. The predicted octanol–water partition coefficient (Wildman–Crippen LogP) is 2.08. The van der Waals surface area contributed by atoms with E-state index in [0.29, 0.717) is 23.7 Å². The lowest BCUT2D eigenvalue weighted by atomic mass is 10.2. The van der Waals surface area contributed by atoms with Gasteiger partial charge in [-0.2, -0.15) is 0 Å². The maximum atomic E-state index is 12.4. The lowest BCUT2D eigenvalue weighted by Gasteiger charge is -2.34. The molecule has 2 aromatic rings. The van der Waals surface area contributed by atoms with Gasteiger partial charge in [0.15, 0.2) is 0 Å². The highest BCUT2D eigenvalue weighted by molar-refractivity contribution is 7.14. The zero-order valence-corrected chi connectivity index (χ0v) is 16.2. The lowest BCUT2D eigenvalue weighted by molar-refractivity contribution is -0.117. The number of rotatable bonds is 7. The zero-order valence-electron chi connectivity index (χ0n) is 15.4. The Labute approximate surface area is 162 Å². The van der Waals surface area contributed by atoms with E-state index in [-0.39, 0.29) is 5.91 Å². The highest BCUT2D eigenvalue weighted by Crippen LogP contribution is 2.24. The molecule has 8 heteroatoms. The van der Waals surface area contributed by atoms with Crippen molar-refractivity contribution in [1.29, 1.82) is 0 Å². The molecule has 144 valence electrons. The first-order chi connectivity index (χ1) is 13.2. The van der Waals surface area contributed by atoms with E-state index in [4.69, 9.17) is 4.74 Å². The summed E-state index contributed by atoms with van der Waals surface area (Å²) in [6.07, 6.45) is 1.81. The number of amides is 1. The predicted molar refractivity (Wildman–Crippen MR) is 105 cm³/mol. The number of nitrogens with one attached hydrogen (secondary N) is 1. The number of thiophene rings is 1. The van der Waals surface area contributed by atoms with E-state index in [1.54, 1.807) is 18.4 Å². The molecule has 27 heavy (non-hydrogen) atoms. The number of aromatic nitrogens is 1. The van der Waals surface area contributed by atoms with Crippen molar-refractivity contribution in [2.45, 2.75) is 13.5 Å². The first-order valence-corrected chi connectivity index (χ1v) is 9.92. The topological polar surface area (TPSA) is 74.8 Å². The molecule has 7 nitrogen and oxygen atoms in total. The molecule has 0 bridgehead atoms. The summed E-state index contributed by atoms with van der Waals surface area (Å²) in [5.41, 5.74) is 1.48. The monoisotopic (exact) mass is 388 g/mol. The molecule has 1 aliphatic heterocycles. The van der Waals surface area contributed by atoms with Gasteiger partial charge in [-0.05, 0) is 30.5 Å². The van der Waals surface area contributed by atoms with Gasteiger partial charge < -0.3 is 10.1 Å². The number of ether oxygens (including phenoxy) is 1. The van der Waals surface area contributed by atoms with Crippen LogP contribution < -0.4 is 5.32 Å².